The molecule has 1 aromatic heterocycles. The number of hydrogen-bond acceptors (Lipinski definition) is 3. The van der Waals surface area contributed by atoms with E-state index in [1.165, 1.54) is 14.8 Å². The van der Waals surface area contributed by atoms with E-state index < -0.39 is 16.5 Å². The Balaban J connectivity index is 3.66. The highest BCUT2D eigenvalue weighted by Crippen LogP contribution is 2.01. The molecule has 5 nitrogen and oxygen atoms in total. The average Bonchev–Trinajstić information content (AvgIpc) is 1.97. The molecule has 0 bridgehead atoms. The van der Waals surface area contributed by atoms with Gasteiger partial charge in [-0.25, -0.2) is 9.14 Å². The molecule has 7 heteroatoms. The molecule has 16 heavy (non-hydrogen) atoms. The fraction of sp³-hybridized carbons (Fsp3) is 0.667. The normalized spacial score (nSPS) is 12.9. The van der Waals surface area contributed by atoms with Gasteiger partial charge in [0, 0.05) is 0 Å². The van der Waals surface area contributed by atoms with Gasteiger partial charge in [-0.1, -0.05) is 19.6 Å². The summed E-state index contributed by atoms with van der Waals surface area (Å²) in [7, 11) is -3.84. The van der Waals surface area contributed by atoms with Crippen LogP contribution in [0.2, 0.25) is 39.3 Å². The van der Waals surface area contributed by atoms with E-state index in [1.54, 1.807) is 0 Å². The summed E-state index contributed by atoms with van der Waals surface area (Å²) < 4.78 is 2.91. The monoisotopic (exact) mass is 257 g/mol. The zero-order valence-electron chi connectivity index (χ0n) is 10.7. The molecule has 0 N–H and O–H groups in total. The summed E-state index contributed by atoms with van der Waals surface area (Å²) in [5.74, 6) is 0. The molecule has 0 aromatic carbocycles. The quantitative estimate of drug-likeness (QED) is 0.735. The zero-order chi connectivity index (χ0) is 12.7. The first kappa shape index (κ1) is 13.1. The lowest BCUT2D eigenvalue weighted by atomic mass is 10.9. The molecular formula is C9H19N3O2Si2. The Morgan fingerprint density at radius 3 is 1.88 bits per heavy atom. The van der Waals surface area contributed by atoms with E-state index in [9.17, 15) is 9.59 Å². The Morgan fingerprint density at radius 1 is 1.00 bits per heavy atom. The summed E-state index contributed by atoms with van der Waals surface area (Å²) in [6, 6.07) is 0. The molecule has 0 amide bonds. The maximum absolute atomic E-state index is 12.2. The van der Waals surface area contributed by atoms with Gasteiger partial charge in [0.2, 0.25) is 0 Å². The van der Waals surface area contributed by atoms with Gasteiger partial charge in [-0.2, -0.15) is 5.10 Å². The number of rotatable bonds is 2. The minimum absolute atomic E-state index is 0.245. The van der Waals surface area contributed by atoms with Crippen molar-refractivity contribution in [2.24, 2.45) is 0 Å². The second-order valence-corrected chi connectivity index (χ2v) is 15.4. The van der Waals surface area contributed by atoms with Gasteiger partial charge >= 0.3 is 5.69 Å². The summed E-state index contributed by atoms with van der Waals surface area (Å²) in [5.41, 5.74) is -0.524. The number of hydrogen-bond donors (Lipinski definition) is 0. The van der Waals surface area contributed by atoms with Crippen molar-refractivity contribution in [3.8, 4) is 0 Å². The third-order valence-corrected chi connectivity index (χ3v) is 5.51. The molecule has 0 spiro atoms. The topological polar surface area (TPSA) is 56.9 Å². The van der Waals surface area contributed by atoms with Crippen LogP contribution in [0.4, 0.5) is 0 Å². The molecule has 0 saturated heterocycles. The Morgan fingerprint density at radius 2 is 1.50 bits per heavy atom. The van der Waals surface area contributed by atoms with Gasteiger partial charge in [-0.15, -0.1) is 0 Å². The van der Waals surface area contributed by atoms with Crippen LogP contribution in [0.15, 0.2) is 15.8 Å². The first-order valence-electron chi connectivity index (χ1n) is 5.27. The van der Waals surface area contributed by atoms with Crippen LogP contribution in [0.1, 0.15) is 0 Å². The van der Waals surface area contributed by atoms with Crippen molar-refractivity contribution in [1.29, 1.82) is 0 Å². The van der Waals surface area contributed by atoms with Crippen molar-refractivity contribution in [3.05, 3.63) is 27.0 Å². The molecule has 0 saturated carbocycles. The lowest BCUT2D eigenvalue weighted by molar-refractivity contribution is 0.748. The van der Waals surface area contributed by atoms with Crippen LogP contribution in [0.3, 0.4) is 0 Å². The highest BCUT2D eigenvalue weighted by molar-refractivity contribution is 6.75. The van der Waals surface area contributed by atoms with Gasteiger partial charge in [0.05, 0.1) is 0 Å². The van der Waals surface area contributed by atoms with Gasteiger partial charge in [0.15, 0.2) is 16.5 Å². The summed E-state index contributed by atoms with van der Waals surface area (Å²) in [6.45, 7) is 12.0. The van der Waals surface area contributed by atoms with Crippen LogP contribution in [0, 0.1) is 0 Å². The van der Waals surface area contributed by atoms with E-state index in [2.05, 4.69) is 5.10 Å². The van der Waals surface area contributed by atoms with E-state index in [4.69, 9.17) is 0 Å². The lowest BCUT2D eigenvalue weighted by Gasteiger charge is -2.23. The molecule has 1 heterocycles. The standard InChI is InChI=1S/C9H19N3O2Si2/c1-15(2,3)11-8(13)7-10-12(9(11)14)16(4,5)6/h7H,1-6H3. The molecule has 1 rings (SSSR count). The molecule has 0 atom stereocenters. The van der Waals surface area contributed by atoms with Crippen molar-refractivity contribution in [3.63, 3.8) is 0 Å². The largest absolute Gasteiger partial charge is 0.330 e. The summed E-state index contributed by atoms with van der Waals surface area (Å²) in [4.78, 5) is 23.9. The van der Waals surface area contributed by atoms with Crippen LogP contribution in [0.25, 0.3) is 0 Å². The van der Waals surface area contributed by atoms with Gasteiger partial charge in [0.25, 0.3) is 5.56 Å². The van der Waals surface area contributed by atoms with Crippen molar-refractivity contribution < 1.29 is 0 Å². The Kier molecular flexibility index (Phi) is 3.12. The van der Waals surface area contributed by atoms with E-state index in [1.807, 2.05) is 39.3 Å². The van der Waals surface area contributed by atoms with Gasteiger partial charge in [-0.3, -0.25) is 9.03 Å². The number of nitrogens with zero attached hydrogens (tertiary/aromatic N) is 3. The van der Waals surface area contributed by atoms with E-state index >= 15 is 0 Å². The van der Waals surface area contributed by atoms with Gasteiger partial charge in [-0.05, 0) is 19.6 Å². The smallest absolute Gasteiger partial charge is 0.289 e. The molecule has 0 fully saturated rings. The molecule has 0 aliphatic rings. The maximum Gasteiger partial charge on any atom is 0.330 e. The maximum atomic E-state index is 12.2. The Labute approximate surface area is 96.9 Å². The summed E-state index contributed by atoms with van der Waals surface area (Å²) in [6.07, 6.45) is 1.26. The summed E-state index contributed by atoms with van der Waals surface area (Å²) >= 11 is 0. The molecule has 0 unspecified atom stereocenters. The van der Waals surface area contributed by atoms with E-state index in [-0.39, 0.29) is 11.2 Å². The molecule has 0 radical (unpaired) electrons. The first-order chi connectivity index (χ1) is 7.05. The predicted molar refractivity (Wildman–Crippen MR) is 70.2 cm³/mol. The van der Waals surface area contributed by atoms with E-state index in [0.717, 1.165) is 0 Å². The minimum Gasteiger partial charge on any atom is -0.289 e. The second-order valence-electron chi connectivity index (χ2n) is 5.85. The van der Waals surface area contributed by atoms with Crippen LogP contribution in [-0.4, -0.2) is 30.1 Å². The van der Waals surface area contributed by atoms with Crippen molar-refractivity contribution >= 4 is 16.5 Å². The van der Waals surface area contributed by atoms with Crippen molar-refractivity contribution in [2.45, 2.75) is 39.3 Å². The van der Waals surface area contributed by atoms with Gasteiger partial charge in [0.1, 0.15) is 6.20 Å². The fourth-order valence-electron chi connectivity index (χ4n) is 1.48. The Bertz CT molecular complexity index is 505. The van der Waals surface area contributed by atoms with Crippen LogP contribution in [0.5, 0.6) is 0 Å². The fourth-order valence-corrected chi connectivity index (χ4v) is 4.05. The molecule has 0 aliphatic carbocycles. The van der Waals surface area contributed by atoms with Crippen molar-refractivity contribution in [2.75, 3.05) is 0 Å². The highest BCUT2D eigenvalue weighted by Gasteiger charge is 2.26. The van der Waals surface area contributed by atoms with Crippen LogP contribution >= 0.6 is 0 Å². The van der Waals surface area contributed by atoms with E-state index in [0.29, 0.717) is 0 Å². The molecule has 90 valence electrons. The first-order valence-corrected chi connectivity index (χ1v) is 12.2. The molecule has 1 aromatic rings. The molecule has 0 aliphatic heterocycles. The minimum atomic E-state index is -1.98. The zero-order valence-corrected chi connectivity index (χ0v) is 12.7. The third kappa shape index (κ3) is 2.41. The molecular weight excluding hydrogens is 238 g/mol. The lowest BCUT2D eigenvalue weighted by Crippen LogP contribution is -2.57. The number of aromatic nitrogens is 3. The predicted octanol–water partition coefficient (Wildman–Crippen LogP) is 0.771. The van der Waals surface area contributed by atoms with Crippen molar-refractivity contribution in [1.82, 2.24) is 13.7 Å². The van der Waals surface area contributed by atoms with Crippen LogP contribution in [-0.2, 0) is 0 Å². The summed E-state index contributed by atoms with van der Waals surface area (Å²) in [5, 5.41) is 3.98. The average molecular weight is 257 g/mol. The third-order valence-electron chi connectivity index (χ3n) is 2.18. The highest BCUT2D eigenvalue weighted by atomic mass is 28.3. The van der Waals surface area contributed by atoms with Crippen LogP contribution < -0.4 is 11.2 Å². The Hall–Kier alpha value is -0.956. The second kappa shape index (κ2) is 3.81. The van der Waals surface area contributed by atoms with Gasteiger partial charge < -0.3 is 0 Å². The SMILES string of the molecule is C[Si](C)(C)n1ncc(=O)n([Si](C)(C)C)c1=O.